The van der Waals surface area contributed by atoms with E-state index >= 15 is 0 Å². The Bertz CT molecular complexity index is 363. The molecule has 0 amide bonds. The van der Waals surface area contributed by atoms with Gasteiger partial charge in [0.25, 0.3) is 0 Å². The first-order valence-electron chi connectivity index (χ1n) is 6.36. The molecule has 1 unspecified atom stereocenters. The number of hydrogen-bond acceptors (Lipinski definition) is 2. The third-order valence-corrected chi connectivity index (χ3v) is 4.25. The summed E-state index contributed by atoms with van der Waals surface area (Å²) in [6.07, 6.45) is 4.02. The van der Waals surface area contributed by atoms with Gasteiger partial charge in [-0.3, -0.25) is 4.90 Å². The van der Waals surface area contributed by atoms with Gasteiger partial charge in [-0.1, -0.05) is 36.2 Å². The maximum Gasteiger partial charge on any atom is 0.0451 e. The van der Waals surface area contributed by atoms with Gasteiger partial charge in [0, 0.05) is 24.2 Å². The van der Waals surface area contributed by atoms with Crippen molar-refractivity contribution in [3.8, 4) is 0 Å². The van der Waals surface area contributed by atoms with E-state index in [2.05, 4.69) is 18.0 Å². The van der Waals surface area contributed by atoms with Crippen LogP contribution in [0, 0.1) is 5.92 Å². The van der Waals surface area contributed by atoms with Gasteiger partial charge >= 0.3 is 0 Å². The van der Waals surface area contributed by atoms with Crippen LogP contribution in [0.1, 0.15) is 24.8 Å². The van der Waals surface area contributed by atoms with Crippen LogP contribution < -0.4 is 5.73 Å². The van der Waals surface area contributed by atoms with E-state index in [1.165, 1.54) is 24.8 Å². The normalized spacial score (nSPS) is 18.1. The molecule has 1 aromatic rings. The Morgan fingerprint density at radius 1 is 1.41 bits per heavy atom. The number of halogens is 1. The van der Waals surface area contributed by atoms with Crippen LogP contribution in [0.3, 0.4) is 0 Å². The Morgan fingerprint density at radius 3 is 2.65 bits per heavy atom. The minimum atomic E-state index is 0.500. The van der Waals surface area contributed by atoms with Crippen LogP contribution in [-0.2, 0) is 6.54 Å². The molecule has 94 valence electrons. The van der Waals surface area contributed by atoms with Crippen molar-refractivity contribution in [2.45, 2.75) is 31.8 Å². The second-order valence-electron chi connectivity index (χ2n) is 5.00. The van der Waals surface area contributed by atoms with E-state index in [1.807, 2.05) is 18.2 Å². The maximum absolute atomic E-state index is 6.19. The summed E-state index contributed by atoms with van der Waals surface area (Å²) in [7, 11) is 2.15. The smallest absolute Gasteiger partial charge is 0.0451 e. The summed E-state index contributed by atoms with van der Waals surface area (Å²) in [4.78, 5) is 2.35. The van der Waals surface area contributed by atoms with Crippen LogP contribution >= 0.6 is 11.6 Å². The lowest BCUT2D eigenvalue weighted by atomic mass is 9.79. The molecule has 2 rings (SSSR count). The average Bonchev–Trinajstić information content (AvgIpc) is 2.26. The number of rotatable bonds is 5. The zero-order valence-corrected chi connectivity index (χ0v) is 11.2. The average molecular weight is 253 g/mol. The number of nitrogens with zero attached hydrogens (tertiary/aromatic N) is 1. The summed E-state index contributed by atoms with van der Waals surface area (Å²) in [6, 6.07) is 8.55. The second-order valence-corrected chi connectivity index (χ2v) is 5.41. The van der Waals surface area contributed by atoms with E-state index in [0.29, 0.717) is 6.04 Å². The fourth-order valence-electron chi connectivity index (χ4n) is 2.57. The highest BCUT2D eigenvalue weighted by Crippen LogP contribution is 2.32. The Hall–Kier alpha value is -0.570. The van der Waals surface area contributed by atoms with Gasteiger partial charge in [-0.25, -0.2) is 0 Å². The van der Waals surface area contributed by atoms with Gasteiger partial charge in [0.05, 0.1) is 0 Å². The second kappa shape index (κ2) is 5.85. The molecule has 1 aliphatic rings. The third kappa shape index (κ3) is 3.01. The largest absolute Gasteiger partial charge is 0.329 e. The van der Waals surface area contributed by atoms with Gasteiger partial charge in [-0.2, -0.15) is 0 Å². The van der Waals surface area contributed by atoms with E-state index in [1.54, 1.807) is 0 Å². The first-order valence-corrected chi connectivity index (χ1v) is 6.74. The number of likely N-dealkylation sites (N-methyl/N-ethyl adjacent to an activating group) is 1. The maximum atomic E-state index is 6.19. The summed E-state index contributed by atoms with van der Waals surface area (Å²) >= 11 is 6.19. The Kier molecular flexibility index (Phi) is 4.43. The van der Waals surface area contributed by atoms with Gasteiger partial charge in [-0.05, 0) is 37.4 Å². The summed E-state index contributed by atoms with van der Waals surface area (Å²) < 4.78 is 0. The molecule has 1 atom stereocenters. The van der Waals surface area contributed by atoms with Gasteiger partial charge < -0.3 is 5.73 Å². The van der Waals surface area contributed by atoms with E-state index < -0.39 is 0 Å². The van der Waals surface area contributed by atoms with Gasteiger partial charge in [-0.15, -0.1) is 0 Å². The molecule has 17 heavy (non-hydrogen) atoms. The van der Waals surface area contributed by atoms with Crippen molar-refractivity contribution in [2.75, 3.05) is 13.6 Å². The number of benzene rings is 1. The summed E-state index contributed by atoms with van der Waals surface area (Å²) in [5, 5.41) is 0.851. The van der Waals surface area contributed by atoms with Crippen molar-refractivity contribution in [2.24, 2.45) is 11.7 Å². The monoisotopic (exact) mass is 252 g/mol. The van der Waals surface area contributed by atoms with Gasteiger partial charge in [0.2, 0.25) is 0 Å². The molecule has 3 heteroatoms. The topological polar surface area (TPSA) is 29.3 Å². The molecule has 0 radical (unpaired) electrons. The molecule has 0 heterocycles. The van der Waals surface area contributed by atoms with Crippen molar-refractivity contribution < 1.29 is 0 Å². The van der Waals surface area contributed by atoms with E-state index in [0.717, 1.165) is 24.0 Å². The van der Waals surface area contributed by atoms with Crippen LogP contribution in [0.2, 0.25) is 5.02 Å². The standard InChI is InChI=1S/C14H21ClN2/c1-17(14(9-16)11-6-4-7-11)10-12-5-2-3-8-13(12)15/h2-3,5,8,11,14H,4,6-7,9-10,16H2,1H3. The first-order chi connectivity index (χ1) is 8.22. The Labute approximate surface area is 109 Å². The molecular weight excluding hydrogens is 232 g/mol. The van der Waals surface area contributed by atoms with Gasteiger partial charge in [0.1, 0.15) is 0 Å². The van der Waals surface area contributed by atoms with Crippen molar-refractivity contribution in [1.29, 1.82) is 0 Å². The lowest BCUT2D eigenvalue weighted by molar-refractivity contribution is 0.118. The molecule has 1 fully saturated rings. The zero-order valence-electron chi connectivity index (χ0n) is 10.4. The third-order valence-electron chi connectivity index (χ3n) is 3.88. The zero-order chi connectivity index (χ0) is 12.3. The van der Waals surface area contributed by atoms with E-state index in [4.69, 9.17) is 17.3 Å². The molecule has 0 bridgehead atoms. The number of hydrogen-bond donors (Lipinski definition) is 1. The molecule has 1 saturated carbocycles. The highest BCUT2D eigenvalue weighted by molar-refractivity contribution is 6.31. The number of nitrogens with two attached hydrogens (primary N) is 1. The van der Waals surface area contributed by atoms with Crippen LogP contribution in [0.25, 0.3) is 0 Å². The lowest BCUT2D eigenvalue weighted by Crippen LogP contribution is -2.45. The predicted molar refractivity (Wildman–Crippen MR) is 73.1 cm³/mol. The molecule has 1 aliphatic carbocycles. The molecule has 0 aliphatic heterocycles. The predicted octanol–water partition coefficient (Wildman–Crippen LogP) is 2.90. The first kappa shape index (κ1) is 12.9. The van der Waals surface area contributed by atoms with Crippen molar-refractivity contribution in [3.63, 3.8) is 0 Å². The van der Waals surface area contributed by atoms with Gasteiger partial charge in [0.15, 0.2) is 0 Å². The fraction of sp³-hybridized carbons (Fsp3) is 0.571. The summed E-state index contributed by atoms with van der Waals surface area (Å²) in [5.74, 6) is 0.785. The quantitative estimate of drug-likeness (QED) is 0.873. The van der Waals surface area contributed by atoms with Crippen LogP contribution in [0.5, 0.6) is 0 Å². The van der Waals surface area contributed by atoms with Crippen molar-refractivity contribution in [1.82, 2.24) is 4.90 Å². The van der Waals surface area contributed by atoms with Crippen LogP contribution in [0.15, 0.2) is 24.3 Å². The molecule has 0 aromatic heterocycles. The fourth-order valence-corrected chi connectivity index (χ4v) is 2.76. The molecular formula is C14H21ClN2. The molecule has 2 N–H and O–H groups in total. The molecule has 1 aromatic carbocycles. The van der Waals surface area contributed by atoms with E-state index in [-0.39, 0.29) is 0 Å². The molecule has 0 spiro atoms. The minimum Gasteiger partial charge on any atom is -0.329 e. The van der Waals surface area contributed by atoms with Crippen molar-refractivity contribution >= 4 is 11.6 Å². The Morgan fingerprint density at radius 2 is 2.12 bits per heavy atom. The summed E-state index contributed by atoms with van der Waals surface area (Å²) in [6.45, 7) is 1.63. The van der Waals surface area contributed by atoms with Crippen molar-refractivity contribution in [3.05, 3.63) is 34.9 Å². The van der Waals surface area contributed by atoms with Crippen LogP contribution in [0.4, 0.5) is 0 Å². The highest BCUT2D eigenvalue weighted by Gasteiger charge is 2.29. The molecule has 2 nitrogen and oxygen atoms in total. The minimum absolute atomic E-state index is 0.500. The Balaban J connectivity index is 1.99. The molecule has 0 saturated heterocycles. The van der Waals surface area contributed by atoms with E-state index in [9.17, 15) is 0 Å². The lowest BCUT2D eigenvalue weighted by Gasteiger charge is -2.39. The van der Waals surface area contributed by atoms with Crippen LogP contribution in [-0.4, -0.2) is 24.5 Å². The SMILES string of the molecule is CN(Cc1ccccc1Cl)C(CN)C1CCC1. The highest BCUT2D eigenvalue weighted by atomic mass is 35.5. The summed E-state index contributed by atoms with van der Waals surface area (Å²) in [5.41, 5.74) is 7.09.